The van der Waals surface area contributed by atoms with Gasteiger partial charge in [0.1, 0.15) is 0 Å². The Balaban J connectivity index is 3.51. The van der Waals surface area contributed by atoms with Crippen molar-refractivity contribution in [2.45, 2.75) is 13.3 Å². The van der Waals surface area contributed by atoms with E-state index >= 15 is 0 Å². The number of rotatable bonds is 2. The lowest BCUT2D eigenvalue weighted by molar-refractivity contribution is 0.157. The fraction of sp³-hybridized carbons (Fsp3) is 0.500. The van der Waals surface area contributed by atoms with Crippen LogP contribution >= 0.6 is 0 Å². The summed E-state index contributed by atoms with van der Waals surface area (Å²) in [6.45, 7) is 1.86. The molecule has 0 spiro atoms. The molecule has 0 amide bonds. The summed E-state index contributed by atoms with van der Waals surface area (Å²) in [6, 6.07) is 0. The zero-order chi connectivity index (χ0) is 10.9. The molecule has 1 aromatic rings. The minimum absolute atomic E-state index is 0.209. The third kappa shape index (κ3) is 1.50. The summed E-state index contributed by atoms with van der Waals surface area (Å²) in [4.78, 5) is 5.58. The summed E-state index contributed by atoms with van der Waals surface area (Å²) in [5.74, 6) is 0.511. The molecule has 1 heterocycles. The quantitative estimate of drug-likeness (QED) is 0.573. The van der Waals surface area contributed by atoms with Crippen LogP contribution in [-0.2, 0) is 6.42 Å². The van der Waals surface area contributed by atoms with Gasteiger partial charge in [0.05, 0.1) is 11.4 Å². The molecule has 0 bridgehead atoms. The van der Waals surface area contributed by atoms with Crippen LogP contribution in [0.4, 0.5) is 11.5 Å². The fourth-order valence-electron chi connectivity index (χ4n) is 1.26. The number of nitrogen functional groups attached to an aromatic ring is 1. The molecule has 0 aliphatic heterocycles. The van der Waals surface area contributed by atoms with Crippen molar-refractivity contribution < 1.29 is 5.21 Å². The summed E-state index contributed by atoms with van der Waals surface area (Å²) in [5.41, 5.74) is 6.51. The highest BCUT2D eigenvalue weighted by Gasteiger charge is 2.12. The zero-order valence-electron chi connectivity index (χ0n) is 8.57. The molecule has 6 nitrogen and oxygen atoms in total. The van der Waals surface area contributed by atoms with E-state index in [2.05, 4.69) is 4.98 Å². The summed E-state index contributed by atoms with van der Waals surface area (Å²) in [6.07, 6.45) is 0.553. The van der Waals surface area contributed by atoms with E-state index in [1.165, 1.54) is 0 Å². The van der Waals surface area contributed by atoms with Crippen LogP contribution in [0.15, 0.2) is 0 Å². The highest BCUT2D eigenvalue weighted by atomic mass is 16.5. The molecule has 0 fully saturated rings. The van der Waals surface area contributed by atoms with Crippen LogP contribution < -0.4 is 16.3 Å². The van der Waals surface area contributed by atoms with Crippen molar-refractivity contribution in [3.05, 3.63) is 11.3 Å². The van der Waals surface area contributed by atoms with Gasteiger partial charge in [-0.05, 0) is 6.42 Å². The average molecular weight is 197 g/mol. The van der Waals surface area contributed by atoms with Crippen LogP contribution in [0.3, 0.4) is 0 Å². The van der Waals surface area contributed by atoms with Crippen molar-refractivity contribution in [2.75, 3.05) is 24.7 Å². The Bertz CT molecular complexity index is 395. The van der Waals surface area contributed by atoms with Gasteiger partial charge < -0.3 is 15.8 Å². The van der Waals surface area contributed by atoms with Crippen LogP contribution in [0.5, 0.6) is 0 Å². The van der Waals surface area contributed by atoms with E-state index in [9.17, 15) is 5.21 Å². The summed E-state index contributed by atoms with van der Waals surface area (Å²) < 4.78 is 0.711. The van der Waals surface area contributed by atoms with Gasteiger partial charge in [-0.25, -0.2) is 0 Å². The first kappa shape index (κ1) is 10.4. The number of hydrogen-bond acceptors (Lipinski definition) is 5. The van der Waals surface area contributed by atoms with Gasteiger partial charge in [-0.15, -0.1) is 0 Å². The third-order valence-electron chi connectivity index (χ3n) is 1.98. The lowest BCUT2D eigenvalue weighted by Crippen LogP contribution is -2.29. The molecule has 0 aliphatic carbocycles. The molecular formula is C8H15N5O. The van der Waals surface area contributed by atoms with Crippen LogP contribution in [0.1, 0.15) is 12.6 Å². The van der Waals surface area contributed by atoms with Gasteiger partial charge in [0.25, 0.3) is 5.62 Å². The highest BCUT2D eigenvalue weighted by molar-refractivity contribution is 5.64. The number of nitrogens with one attached hydrogen (secondary N) is 1. The smallest absolute Gasteiger partial charge is 0.257 e. The molecule has 14 heavy (non-hydrogen) atoms. The van der Waals surface area contributed by atoms with E-state index < -0.39 is 0 Å². The predicted molar refractivity (Wildman–Crippen MR) is 53.4 cm³/mol. The maximum absolute atomic E-state index is 9.45. The van der Waals surface area contributed by atoms with Gasteiger partial charge in [0.15, 0.2) is 5.82 Å². The van der Waals surface area contributed by atoms with Gasteiger partial charge in [-0.3, -0.25) is 5.41 Å². The molecule has 0 saturated carbocycles. The normalized spacial score (nSPS) is 10.2. The second kappa shape index (κ2) is 3.57. The first-order valence-electron chi connectivity index (χ1n) is 4.31. The van der Waals surface area contributed by atoms with Gasteiger partial charge in [-0.2, -0.15) is 9.71 Å². The van der Waals surface area contributed by atoms with Gasteiger partial charge in [-0.1, -0.05) is 6.92 Å². The molecule has 1 aromatic heterocycles. The maximum atomic E-state index is 9.45. The fourth-order valence-corrected chi connectivity index (χ4v) is 1.26. The monoisotopic (exact) mass is 197 g/mol. The van der Waals surface area contributed by atoms with Crippen molar-refractivity contribution in [2.24, 2.45) is 0 Å². The number of anilines is 2. The molecule has 0 saturated heterocycles. The summed E-state index contributed by atoms with van der Waals surface area (Å²) >= 11 is 0. The Morgan fingerprint density at radius 1 is 1.57 bits per heavy atom. The van der Waals surface area contributed by atoms with E-state index in [0.717, 1.165) is 0 Å². The standard InChI is InChI=1S/C8H15N5O/c1-4-5-6(9)7(12(2)3)11-8(10)13(5)14/h10,14H,4,9H2,1-3H3. The van der Waals surface area contributed by atoms with Gasteiger partial charge in [0.2, 0.25) is 0 Å². The second-order valence-electron chi connectivity index (χ2n) is 3.18. The lowest BCUT2D eigenvalue weighted by atomic mass is 10.2. The van der Waals surface area contributed by atoms with Crippen molar-refractivity contribution >= 4 is 11.5 Å². The van der Waals surface area contributed by atoms with Crippen molar-refractivity contribution in [1.29, 1.82) is 5.41 Å². The summed E-state index contributed by atoms with van der Waals surface area (Å²) in [5, 5.41) is 16.9. The van der Waals surface area contributed by atoms with E-state index in [4.69, 9.17) is 11.1 Å². The van der Waals surface area contributed by atoms with E-state index in [1.54, 1.807) is 19.0 Å². The van der Waals surface area contributed by atoms with Crippen LogP contribution in [0, 0.1) is 5.41 Å². The number of nitrogens with two attached hydrogens (primary N) is 1. The molecule has 78 valence electrons. The Morgan fingerprint density at radius 3 is 2.57 bits per heavy atom. The second-order valence-corrected chi connectivity index (χ2v) is 3.18. The van der Waals surface area contributed by atoms with Crippen molar-refractivity contribution in [1.82, 2.24) is 9.71 Å². The minimum Gasteiger partial charge on any atom is -0.425 e. The Hall–Kier alpha value is -1.72. The topological polar surface area (TPSA) is 91.2 Å². The Kier molecular flexibility index (Phi) is 2.64. The number of nitrogens with zero attached hydrogens (tertiary/aromatic N) is 3. The van der Waals surface area contributed by atoms with E-state index in [0.29, 0.717) is 28.4 Å². The molecule has 4 N–H and O–H groups in total. The van der Waals surface area contributed by atoms with Crippen molar-refractivity contribution in [3.8, 4) is 0 Å². The number of aromatic nitrogens is 2. The molecule has 0 aliphatic rings. The molecular weight excluding hydrogens is 182 g/mol. The van der Waals surface area contributed by atoms with Crippen LogP contribution in [0.2, 0.25) is 0 Å². The Morgan fingerprint density at radius 2 is 2.14 bits per heavy atom. The first-order chi connectivity index (χ1) is 6.49. The third-order valence-corrected chi connectivity index (χ3v) is 1.98. The maximum Gasteiger partial charge on any atom is 0.257 e. The minimum atomic E-state index is -0.209. The zero-order valence-corrected chi connectivity index (χ0v) is 8.57. The molecule has 0 radical (unpaired) electrons. The van der Waals surface area contributed by atoms with Gasteiger partial charge in [0, 0.05) is 14.1 Å². The first-order valence-corrected chi connectivity index (χ1v) is 4.31. The summed E-state index contributed by atoms with van der Waals surface area (Å²) in [7, 11) is 3.58. The number of hydrogen-bond donors (Lipinski definition) is 3. The van der Waals surface area contributed by atoms with Crippen molar-refractivity contribution in [3.63, 3.8) is 0 Å². The molecule has 6 heteroatoms. The lowest BCUT2D eigenvalue weighted by Gasteiger charge is -2.17. The SMILES string of the molecule is CCc1c(N)c(N(C)C)nc(=N)n1O. The molecule has 0 unspecified atom stereocenters. The van der Waals surface area contributed by atoms with E-state index in [-0.39, 0.29) is 5.62 Å². The Labute approximate surface area is 82.1 Å². The van der Waals surface area contributed by atoms with Gasteiger partial charge >= 0.3 is 0 Å². The van der Waals surface area contributed by atoms with Crippen LogP contribution in [-0.4, -0.2) is 29.0 Å². The molecule has 0 atom stereocenters. The molecule has 0 aromatic carbocycles. The average Bonchev–Trinajstić information content (AvgIpc) is 2.12. The van der Waals surface area contributed by atoms with E-state index in [1.807, 2.05) is 6.92 Å². The molecule has 1 rings (SSSR count). The largest absolute Gasteiger partial charge is 0.425 e. The highest BCUT2D eigenvalue weighted by Crippen LogP contribution is 2.19. The predicted octanol–water partition coefficient (Wildman–Crippen LogP) is -0.190. The van der Waals surface area contributed by atoms with Crippen LogP contribution in [0.25, 0.3) is 0 Å².